The van der Waals surface area contributed by atoms with Gasteiger partial charge < -0.3 is 10.6 Å². The van der Waals surface area contributed by atoms with E-state index in [0.29, 0.717) is 17.4 Å². The zero-order valence-corrected chi connectivity index (χ0v) is 11.4. The van der Waals surface area contributed by atoms with E-state index in [9.17, 15) is 4.79 Å². The summed E-state index contributed by atoms with van der Waals surface area (Å²) in [4.78, 5) is 14.2. The van der Waals surface area contributed by atoms with E-state index >= 15 is 0 Å². The van der Waals surface area contributed by atoms with Gasteiger partial charge >= 0.3 is 0 Å². The van der Waals surface area contributed by atoms with E-state index < -0.39 is 0 Å². The number of hydrogen-bond acceptors (Lipinski definition) is 4. The Labute approximate surface area is 117 Å². The summed E-state index contributed by atoms with van der Waals surface area (Å²) in [6, 6.07) is 2.30. The van der Waals surface area contributed by atoms with Crippen LogP contribution in [0.1, 0.15) is 29.2 Å². The maximum atomic E-state index is 12.4. The van der Waals surface area contributed by atoms with Gasteiger partial charge in [0.25, 0.3) is 5.91 Å². The summed E-state index contributed by atoms with van der Waals surface area (Å²) in [5.41, 5.74) is 6.34. The normalized spacial score (nSPS) is 16.6. The second-order valence-electron chi connectivity index (χ2n) is 5.08. The number of nitrogens with zero attached hydrogens (tertiary/aromatic N) is 5. The molecule has 0 radical (unpaired) electrons. The van der Waals surface area contributed by atoms with Crippen LogP contribution in [0, 0.1) is 0 Å². The molecule has 0 bridgehead atoms. The smallest absolute Gasteiger partial charge is 0.259 e. The Morgan fingerprint density at radius 2 is 2.10 bits per heavy atom. The Morgan fingerprint density at radius 1 is 1.35 bits per heavy atom. The van der Waals surface area contributed by atoms with Crippen LogP contribution >= 0.6 is 0 Å². The predicted molar refractivity (Wildman–Crippen MR) is 74.0 cm³/mol. The number of nitrogens with two attached hydrogens (primary N) is 1. The summed E-state index contributed by atoms with van der Waals surface area (Å²) in [5.74, 6) is 0.388. The molecule has 1 amide bonds. The average Bonchev–Trinajstić information content (AvgIpc) is 3.10. The van der Waals surface area contributed by atoms with Gasteiger partial charge in [0.2, 0.25) is 0 Å². The van der Waals surface area contributed by atoms with Crippen LogP contribution in [-0.2, 0) is 7.05 Å². The van der Waals surface area contributed by atoms with Gasteiger partial charge in [-0.05, 0) is 18.9 Å². The van der Waals surface area contributed by atoms with Crippen molar-refractivity contribution in [1.29, 1.82) is 0 Å². The molecule has 106 valence electrons. The molecule has 2 aromatic heterocycles. The first kappa shape index (κ1) is 12.7. The van der Waals surface area contributed by atoms with Gasteiger partial charge in [0.15, 0.2) is 0 Å². The molecular weight excluding hydrogens is 256 g/mol. The van der Waals surface area contributed by atoms with Crippen molar-refractivity contribution in [2.45, 2.75) is 18.9 Å². The van der Waals surface area contributed by atoms with Gasteiger partial charge in [0.05, 0.1) is 12.2 Å². The number of aryl methyl sites for hydroxylation is 1. The van der Waals surface area contributed by atoms with E-state index in [1.807, 2.05) is 21.8 Å². The van der Waals surface area contributed by atoms with Crippen LogP contribution in [0.25, 0.3) is 0 Å². The molecule has 7 heteroatoms. The van der Waals surface area contributed by atoms with Crippen molar-refractivity contribution in [1.82, 2.24) is 24.5 Å². The van der Waals surface area contributed by atoms with Gasteiger partial charge in [-0.1, -0.05) is 0 Å². The molecule has 1 fully saturated rings. The highest BCUT2D eigenvalue weighted by atomic mass is 16.2. The molecular formula is C13H18N6O. The molecule has 0 aliphatic carbocycles. The van der Waals surface area contributed by atoms with Crippen molar-refractivity contribution in [3.05, 3.63) is 30.2 Å². The number of piperidine rings is 1. The van der Waals surface area contributed by atoms with Crippen LogP contribution < -0.4 is 5.73 Å². The third-order valence-electron chi connectivity index (χ3n) is 3.87. The highest BCUT2D eigenvalue weighted by molar-refractivity contribution is 5.98. The fraction of sp³-hybridized carbons (Fsp3) is 0.462. The van der Waals surface area contributed by atoms with Crippen LogP contribution in [0.15, 0.2) is 24.7 Å². The van der Waals surface area contributed by atoms with E-state index in [-0.39, 0.29) is 5.91 Å². The Balaban J connectivity index is 1.66. The van der Waals surface area contributed by atoms with Gasteiger partial charge in [-0.15, -0.1) is 0 Å². The highest BCUT2D eigenvalue weighted by Crippen LogP contribution is 2.23. The largest absolute Gasteiger partial charge is 0.383 e. The number of nitrogen functional groups attached to an aromatic ring is 1. The lowest BCUT2D eigenvalue weighted by molar-refractivity contribution is 0.0691. The van der Waals surface area contributed by atoms with Crippen LogP contribution in [0.3, 0.4) is 0 Å². The Morgan fingerprint density at radius 3 is 2.65 bits per heavy atom. The molecule has 1 saturated heterocycles. The first-order valence-corrected chi connectivity index (χ1v) is 6.72. The number of carbonyl (C=O) groups is 1. The molecule has 2 N–H and O–H groups in total. The summed E-state index contributed by atoms with van der Waals surface area (Å²) in [5, 5.41) is 8.28. The summed E-state index contributed by atoms with van der Waals surface area (Å²) in [6.07, 6.45) is 7.12. The first-order valence-electron chi connectivity index (χ1n) is 6.72. The SMILES string of the molecule is Cn1ncc(C(=O)N2CCC(n3cccn3)CC2)c1N. The molecule has 0 atom stereocenters. The van der Waals surface area contributed by atoms with Gasteiger partial charge in [-0.25, -0.2) is 0 Å². The molecule has 0 aromatic carbocycles. The van der Waals surface area contributed by atoms with Crippen LogP contribution in [0.5, 0.6) is 0 Å². The summed E-state index contributed by atoms with van der Waals surface area (Å²) < 4.78 is 3.49. The van der Waals surface area contributed by atoms with E-state index in [1.165, 1.54) is 10.9 Å². The van der Waals surface area contributed by atoms with Crippen LogP contribution in [0.4, 0.5) is 5.82 Å². The maximum absolute atomic E-state index is 12.4. The Hall–Kier alpha value is -2.31. The molecule has 1 aliphatic rings. The van der Waals surface area contributed by atoms with E-state index in [0.717, 1.165) is 25.9 Å². The number of aromatic nitrogens is 4. The summed E-state index contributed by atoms with van der Waals surface area (Å²) >= 11 is 0. The number of carbonyl (C=O) groups excluding carboxylic acids is 1. The lowest BCUT2D eigenvalue weighted by atomic mass is 10.0. The monoisotopic (exact) mass is 274 g/mol. The number of rotatable bonds is 2. The Bertz CT molecular complexity index is 594. The predicted octanol–water partition coefficient (Wildman–Crippen LogP) is 0.676. The fourth-order valence-corrected chi connectivity index (χ4v) is 2.61. The maximum Gasteiger partial charge on any atom is 0.259 e. The molecule has 20 heavy (non-hydrogen) atoms. The minimum absolute atomic E-state index is 0.0329. The number of likely N-dealkylation sites (tertiary alicyclic amines) is 1. The van der Waals surface area contributed by atoms with Crippen molar-refractivity contribution in [3.8, 4) is 0 Å². The minimum atomic E-state index is -0.0329. The highest BCUT2D eigenvalue weighted by Gasteiger charge is 2.26. The molecule has 3 rings (SSSR count). The molecule has 0 unspecified atom stereocenters. The number of amides is 1. The second kappa shape index (κ2) is 4.99. The van der Waals surface area contributed by atoms with Crippen molar-refractivity contribution < 1.29 is 4.79 Å². The molecule has 0 spiro atoms. The molecule has 0 saturated carbocycles. The zero-order chi connectivity index (χ0) is 14.1. The minimum Gasteiger partial charge on any atom is -0.383 e. The Kier molecular flexibility index (Phi) is 3.17. The van der Waals surface area contributed by atoms with Gasteiger partial charge in [-0.3, -0.25) is 14.2 Å². The summed E-state index contributed by atoms with van der Waals surface area (Å²) in [7, 11) is 1.73. The van der Waals surface area contributed by atoms with Crippen LogP contribution in [0.2, 0.25) is 0 Å². The summed E-state index contributed by atoms with van der Waals surface area (Å²) in [6.45, 7) is 1.44. The van der Waals surface area contributed by atoms with Gasteiger partial charge in [0.1, 0.15) is 11.4 Å². The van der Waals surface area contributed by atoms with Gasteiger partial charge in [-0.2, -0.15) is 10.2 Å². The molecule has 3 heterocycles. The molecule has 2 aromatic rings. The zero-order valence-electron chi connectivity index (χ0n) is 11.4. The van der Waals surface area contributed by atoms with E-state index in [2.05, 4.69) is 10.2 Å². The van der Waals surface area contributed by atoms with Crippen LogP contribution in [-0.4, -0.2) is 43.5 Å². The standard InChI is InChI=1S/C13H18N6O/c1-17-12(14)11(9-16-17)13(20)18-7-3-10(4-8-18)19-6-2-5-15-19/h2,5-6,9-10H,3-4,7-8,14H2,1H3. The molecule has 1 aliphatic heterocycles. The van der Waals surface area contributed by atoms with Crippen molar-refractivity contribution in [2.24, 2.45) is 7.05 Å². The lowest BCUT2D eigenvalue weighted by Gasteiger charge is -2.32. The number of anilines is 1. The number of hydrogen-bond donors (Lipinski definition) is 1. The third kappa shape index (κ3) is 2.15. The quantitative estimate of drug-likeness (QED) is 0.873. The average molecular weight is 274 g/mol. The van der Waals surface area contributed by atoms with Crippen molar-refractivity contribution in [3.63, 3.8) is 0 Å². The third-order valence-corrected chi connectivity index (χ3v) is 3.87. The lowest BCUT2D eigenvalue weighted by Crippen LogP contribution is -2.39. The fourth-order valence-electron chi connectivity index (χ4n) is 2.61. The van der Waals surface area contributed by atoms with Gasteiger partial charge in [0, 0.05) is 32.5 Å². The molecule has 7 nitrogen and oxygen atoms in total. The van der Waals surface area contributed by atoms with Crippen molar-refractivity contribution in [2.75, 3.05) is 18.8 Å². The topological polar surface area (TPSA) is 82.0 Å². The first-order chi connectivity index (χ1) is 9.66. The van der Waals surface area contributed by atoms with E-state index in [4.69, 9.17) is 5.73 Å². The van der Waals surface area contributed by atoms with Crippen molar-refractivity contribution >= 4 is 11.7 Å². The van der Waals surface area contributed by atoms with E-state index in [1.54, 1.807) is 13.2 Å². The second-order valence-corrected chi connectivity index (χ2v) is 5.08.